The second-order valence-electron chi connectivity index (χ2n) is 8.98. The molecule has 0 unspecified atom stereocenters. The average molecular weight is 417 g/mol. The Morgan fingerprint density at radius 2 is 1.72 bits per heavy atom. The molecule has 0 aliphatic carbocycles. The molecule has 0 bridgehead atoms. The van der Waals surface area contributed by atoms with Gasteiger partial charge in [-0.1, -0.05) is 6.92 Å². The first kappa shape index (κ1) is 19.7. The molecule has 6 nitrogen and oxygen atoms in total. The summed E-state index contributed by atoms with van der Waals surface area (Å²) in [5, 5.41) is 1.24. The molecule has 5 rings (SSSR count). The van der Waals surface area contributed by atoms with Gasteiger partial charge in [0, 0.05) is 30.8 Å². The number of fused-ring (bicyclic) bond motifs is 1. The third kappa shape index (κ3) is 3.78. The Bertz CT molecular complexity index is 875. The first-order valence-corrected chi connectivity index (χ1v) is 11.9. The summed E-state index contributed by atoms with van der Waals surface area (Å²) in [4.78, 5) is 17.5. The highest BCUT2D eigenvalue weighted by Crippen LogP contribution is 2.38. The van der Waals surface area contributed by atoms with Crippen LogP contribution in [0.2, 0.25) is 0 Å². The first-order chi connectivity index (χ1) is 14.0. The van der Waals surface area contributed by atoms with Crippen LogP contribution >= 0.6 is 11.3 Å². The number of hydrogen-bond donors (Lipinski definition) is 0. The van der Waals surface area contributed by atoms with Crippen LogP contribution in [0.3, 0.4) is 0 Å². The molecule has 0 saturated carbocycles. The molecule has 0 N–H and O–H groups in total. The summed E-state index contributed by atoms with van der Waals surface area (Å²) in [5.41, 5.74) is 1.33. The molecule has 5 heterocycles. The third-order valence-corrected chi connectivity index (χ3v) is 8.04. The average Bonchev–Trinajstić information content (AvgIpc) is 3.28. The molecule has 158 valence electrons. The Hall–Kier alpha value is -1.28. The van der Waals surface area contributed by atoms with Crippen LogP contribution in [0.5, 0.6) is 0 Å². The lowest BCUT2D eigenvalue weighted by atomic mass is 9.99. The van der Waals surface area contributed by atoms with Crippen molar-refractivity contribution in [1.29, 1.82) is 0 Å². The zero-order chi connectivity index (χ0) is 20.0. The molecule has 1 spiro atoms. The largest absolute Gasteiger partial charge is 0.356 e. The van der Waals surface area contributed by atoms with Crippen molar-refractivity contribution in [3.8, 4) is 0 Å². The van der Waals surface area contributed by atoms with Crippen LogP contribution in [0.15, 0.2) is 0 Å². The van der Waals surface area contributed by atoms with E-state index in [2.05, 4.69) is 30.6 Å². The number of anilines is 1. The van der Waals surface area contributed by atoms with Gasteiger partial charge in [0.1, 0.15) is 16.5 Å². The molecule has 29 heavy (non-hydrogen) atoms. The van der Waals surface area contributed by atoms with Gasteiger partial charge in [-0.25, -0.2) is 9.97 Å². The summed E-state index contributed by atoms with van der Waals surface area (Å²) in [6.07, 6.45) is 4.36. The number of piperidine rings is 2. The van der Waals surface area contributed by atoms with Crippen LogP contribution in [0.4, 0.5) is 5.82 Å². The van der Waals surface area contributed by atoms with Gasteiger partial charge in [-0.3, -0.25) is 4.90 Å². The molecule has 0 aromatic carbocycles. The van der Waals surface area contributed by atoms with Crippen LogP contribution in [0.1, 0.15) is 48.9 Å². The number of nitrogens with zero attached hydrogens (tertiary/aromatic N) is 4. The van der Waals surface area contributed by atoms with Crippen molar-refractivity contribution in [2.45, 2.75) is 58.8 Å². The molecule has 2 aromatic rings. The van der Waals surface area contributed by atoms with Crippen molar-refractivity contribution in [2.75, 3.05) is 44.3 Å². The maximum atomic E-state index is 5.93. The van der Waals surface area contributed by atoms with E-state index in [9.17, 15) is 0 Å². The molecule has 0 atom stereocenters. The van der Waals surface area contributed by atoms with Gasteiger partial charge in [-0.2, -0.15) is 0 Å². The maximum absolute atomic E-state index is 5.93. The molecule has 2 aromatic heterocycles. The molecule has 3 aliphatic heterocycles. The van der Waals surface area contributed by atoms with E-state index < -0.39 is 0 Å². The summed E-state index contributed by atoms with van der Waals surface area (Å²) in [6.45, 7) is 13.2. The third-order valence-electron chi connectivity index (χ3n) is 6.94. The van der Waals surface area contributed by atoms with Crippen molar-refractivity contribution in [3.63, 3.8) is 0 Å². The van der Waals surface area contributed by atoms with Crippen LogP contribution in [-0.2, 0) is 16.0 Å². The molecule has 7 heteroatoms. The number of ether oxygens (including phenoxy) is 2. The highest BCUT2D eigenvalue weighted by Gasteiger charge is 2.40. The molecule has 3 saturated heterocycles. The molecular weight excluding hydrogens is 384 g/mol. The zero-order valence-corrected chi connectivity index (χ0v) is 18.7. The van der Waals surface area contributed by atoms with Crippen molar-refractivity contribution >= 4 is 27.4 Å². The molecule has 0 radical (unpaired) electrons. The summed E-state index contributed by atoms with van der Waals surface area (Å²) >= 11 is 1.81. The standard InChI is InChI=1S/C22H32N4O2S/c1-15-4-8-25(9-5-15)14-18-23-20(19-16(2)17(3)29-21(19)24-18)26-10-6-22(7-11-26)27-12-13-28-22/h15H,4-14H2,1-3H3. The van der Waals surface area contributed by atoms with Crippen molar-refractivity contribution in [3.05, 3.63) is 16.3 Å². The van der Waals surface area contributed by atoms with E-state index >= 15 is 0 Å². The number of hydrogen-bond acceptors (Lipinski definition) is 7. The SMILES string of the molecule is Cc1sc2nc(CN3CCC(C)CC3)nc(N3CCC4(CC3)OCCO4)c2c1C. The van der Waals surface area contributed by atoms with Gasteiger partial charge >= 0.3 is 0 Å². The van der Waals surface area contributed by atoms with E-state index in [1.54, 1.807) is 11.3 Å². The minimum Gasteiger partial charge on any atom is -0.356 e. The van der Waals surface area contributed by atoms with Crippen LogP contribution in [-0.4, -0.2) is 60.0 Å². The van der Waals surface area contributed by atoms with Crippen LogP contribution in [0, 0.1) is 19.8 Å². The van der Waals surface area contributed by atoms with Gasteiger partial charge < -0.3 is 14.4 Å². The summed E-state index contributed by atoms with van der Waals surface area (Å²) in [6, 6.07) is 0. The summed E-state index contributed by atoms with van der Waals surface area (Å²) in [5.74, 6) is 2.57. The summed E-state index contributed by atoms with van der Waals surface area (Å²) in [7, 11) is 0. The van der Waals surface area contributed by atoms with Crippen LogP contribution < -0.4 is 4.90 Å². The lowest BCUT2D eigenvalue weighted by Crippen LogP contribution is -2.45. The van der Waals surface area contributed by atoms with Gasteiger partial charge in [0.15, 0.2) is 5.79 Å². The van der Waals surface area contributed by atoms with E-state index in [0.29, 0.717) is 0 Å². The number of rotatable bonds is 3. The van der Waals surface area contributed by atoms with E-state index in [4.69, 9.17) is 19.4 Å². The molecule has 0 amide bonds. The topological polar surface area (TPSA) is 50.7 Å². The van der Waals surface area contributed by atoms with E-state index in [1.165, 1.54) is 28.7 Å². The van der Waals surface area contributed by atoms with E-state index in [1.807, 2.05) is 0 Å². The fourth-order valence-electron chi connectivity index (χ4n) is 4.84. The lowest BCUT2D eigenvalue weighted by Gasteiger charge is -2.38. The smallest absolute Gasteiger partial charge is 0.171 e. The Labute approximate surface area is 177 Å². The number of aromatic nitrogens is 2. The van der Waals surface area contributed by atoms with E-state index in [0.717, 1.165) is 81.2 Å². The second kappa shape index (κ2) is 7.76. The van der Waals surface area contributed by atoms with Crippen molar-refractivity contribution < 1.29 is 9.47 Å². The Kier molecular flexibility index (Phi) is 5.26. The Morgan fingerprint density at radius 3 is 2.41 bits per heavy atom. The number of aryl methyl sites for hydroxylation is 2. The maximum Gasteiger partial charge on any atom is 0.171 e. The number of likely N-dealkylation sites (tertiary alicyclic amines) is 1. The zero-order valence-electron chi connectivity index (χ0n) is 17.9. The molecule has 3 fully saturated rings. The Balaban J connectivity index is 1.43. The normalized spacial score (nSPS) is 23.5. The second-order valence-corrected chi connectivity index (χ2v) is 10.2. The van der Waals surface area contributed by atoms with Gasteiger partial charge in [0.05, 0.1) is 25.1 Å². The van der Waals surface area contributed by atoms with Gasteiger partial charge in [-0.05, 0) is 51.3 Å². The quantitative estimate of drug-likeness (QED) is 0.757. The van der Waals surface area contributed by atoms with Crippen LogP contribution in [0.25, 0.3) is 10.2 Å². The monoisotopic (exact) mass is 416 g/mol. The fraction of sp³-hybridized carbons (Fsp3) is 0.727. The van der Waals surface area contributed by atoms with Crippen molar-refractivity contribution in [2.24, 2.45) is 5.92 Å². The minimum absolute atomic E-state index is 0.352. The Morgan fingerprint density at radius 1 is 1.03 bits per heavy atom. The van der Waals surface area contributed by atoms with Gasteiger partial charge in [0.25, 0.3) is 0 Å². The molecular formula is C22H32N4O2S. The predicted octanol–water partition coefficient (Wildman–Crippen LogP) is 3.88. The predicted molar refractivity (Wildman–Crippen MR) is 117 cm³/mol. The minimum atomic E-state index is -0.352. The number of thiophene rings is 1. The van der Waals surface area contributed by atoms with Gasteiger partial charge in [-0.15, -0.1) is 11.3 Å². The highest BCUT2D eigenvalue weighted by atomic mass is 32.1. The van der Waals surface area contributed by atoms with Crippen molar-refractivity contribution in [1.82, 2.24) is 14.9 Å². The first-order valence-electron chi connectivity index (χ1n) is 11.0. The highest BCUT2D eigenvalue weighted by molar-refractivity contribution is 7.18. The molecule has 3 aliphatic rings. The van der Waals surface area contributed by atoms with Gasteiger partial charge in [0.2, 0.25) is 0 Å². The van der Waals surface area contributed by atoms with E-state index in [-0.39, 0.29) is 5.79 Å². The lowest BCUT2D eigenvalue weighted by molar-refractivity contribution is -0.169. The fourth-order valence-corrected chi connectivity index (χ4v) is 5.88. The summed E-state index contributed by atoms with van der Waals surface area (Å²) < 4.78 is 11.9.